The lowest BCUT2D eigenvalue weighted by atomic mass is 10.1. The number of phosphoric ester groups is 1. The topological polar surface area (TPSA) is 132 Å². The average molecular weight is 490 g/mol. The second-order valence-corrected chi connectivity index (χ2v) is 9.55. The highest BCUT2D eigenvalue weighted by Gasteiger charge is 2.57. The molecule has 1 unspecified atom stereocenters. The Kier molecular flexibility index (Phi) is 5.26. The zero-order valence-electron chi connectivity index (χ0n) is 19.2. The van der Waals surface area contributed by atoms with Crippen molar-refractivity contribution in [3.63, 3.8) is 0 Å². The minimum Gasteiger partial charge on any atom is -0.403 e. The SMILES string of the molecule is [2H]C([2H])(OP1(=O)OCc2cc(C)cc(C)c2O1)[C@@]1(F)O[C@@H](n2cc(C)c(=O)[nH]c2=S)[C@H](O)[C@@H]1O. The molecule has 1 aromatic heterocycles. The molecule has 0 radical (unpaired) electrons. The lowest BCUT2D eigenvalue weighted by Crippen LogP contribution is -2.43. The van der Waals surface area contributed by atoms with Crippen molar-refractivity contribution >= 4 is 20.0 Å². The number of nitrogens with zero attached hydrogens (tertiary/aromatic N) is 1. The van der Waals surface area contributed by atoms with Gasteiger partial charge in [0.05, 0.1) is 9.35 Å². The third-order valence-electron chi connectivity index (χ3n) is 5.08. The summed E-state index contributed by atoms with van der Waals surface area (Å²) in [5, 5.41) is 20.8. The van der Waals surface area contributed by atoms with Crippen LogP contribution in [-0.2, 0) is 25.0 Å². The van der Waals surface area contributed by atoms with Crippen LogP contribution in [0.1, 0.15) is 31.2 Å². The molecular weight excluding hydrogens is 466 g/mol. The molecule has 0 aliphatic carbocycles. The molecule has 4 rings (SSSR count). The van der Waals surface area contributed by atoms with Crippen molar-refractivity contribution in [2.24, 2.45) is 0 Å². The molecule has 13 heteroatoms. The van der Waals surface area contributed by atoms with Gasteiger partial charge in [0, 0.05) is 17.3 Å². The molecule has 0 amide bonds. The van der Waals surface area contributed by atoms with Crippen molar-refractivity contribution in [1.29, 1.82) is 0 Å². The van der Waals surface area contributed by atoms with Gasteiger partial charge in [0.15, 0.2) is 11.0 Å². The van der Waals surface area contributed by atoms with Crippen LogP contribution in [0.3, 0.4) is 0 Å². The molecule has 2 aromatic rings. The molecule has 2 aliphatic rings. The van der Waals surface area contributed by atoms with Crippen molar-refractivity contribution in [2.75, 3.05) is 6.56 Å². The van der Waals surface area contributed by atoms with Gasteiger partial charge in [-0.25, -0.2) is 8.96 Å². The minimum atomic E-state index is -4.73. The molecule has 5 atom stereocenters. The van der Waals surface area contributed by atoms with E-state index in [9.17, 15) is 19.6 Å². The van der Waals surface area contributed by atoms with Crippen molar-refractivity contribution in [1.82, 2.24) is 9.55 Å². The first kappa shape index (κ1) is 20.7. The van der Waals surface area contributed by atoms with E-state index < -0.39 is 44.2 Å². The molecule has 3 N–H and O–H groups in total. The summed E-state index contributed by atoms with van der Waals surface area (Å²) < 4.78 is 66.2. The molecule has 2 aliphatic heterocycles. The third-order valence-corrected chi connectivity index (χ3v) is 6.56. The van der Waals surface area contributed by atoms with Crippen LogP contribution in [0.4, 0.5) is 4.39 Å². The Labute approximate surface area is 189 Å². The Morgan fingerprint density at radius 3 is 2.84 bits per heavy atom. The van der Waals surface area contributed by atoms with Crippen LogP contribution >= 0.6 is 20.0 Å². The van der Waals surface area contributed by atoms with E-state index >= 15 is 4.39 Å². The smallest absolute Gasteiger partial charge is 0.403 e. The molecule has 1 saturated heterocycles. The number of aromatic nitrogens is 2. The summed E-state index contributed by atoms with van der Waals surface area (Å²) in [6, 6.07) is 3.46. The molecule has 10 nitrogen and oxygen atoms in total. The van der Waals surface area contributed by atoms with E-state index in [0.29, 0.717) is 11.1 Å². The van der Waals surface area contributed by atoms with Crippen LogP contribution in [0, 0.1) is 25.5 Å². The number of aromatic amines is 1. The van der Waals surface area contributed by atoms with Crippen LogP contribution in [0.2, 0.25) is 0 Å². The lowest BCUT2D eigenvalue weighted by Gasteiger charge is -2.29. The summed E-state index contributed by atoms with van der Waals surface area (Å²) in [5.74, 6) is -3.59. The minimum absolute atomic E-state index is 0.132. The predicted molar refractivity (Wildman–Crippen MR) is 111 cm³/mol. The second-order valence-electron chi connectivity index (χ2n) is 7.64. The fourth-order valence-electron chi connectivity index (χ4n) is 3.50. The van der Waals surface area contributed by atoms with E-state index in [0.717, 1.165) is 16.3 Å². The summed E-state index contributed by atoms with van der Waals surface area (Å²) in [4.78, 5) is 14.0. The number of aliphatic hydroxyl groups excluding tert-OH is 2. The molecule has 1 aromatic carbocycles. The summed E-state index contributed by atoms with van der Waals surface area (Å²) in [5.41, 5.74) is 1.60. The van der Waals surface area contributed by atoms with Crippen molar-refractivity contribution in [3.8, 4) is 5.75 Å². The average Bonchev–Trinajstić information content (AvgIpc) is 2.96. The number of fused-ring (bicyclic) bond motifs is 1. The van der Waals surface area contributed by atoms with Crippen LogP contribution in [-0.4, -0.2) is 44.4 Å². The quantitative estimate of drug-likeness (QED) is 0.437. The Hall–Kier alpha value is -1.92. The summed E-state index contributed by atoms with van der Waals surface area (Å²) >= 11 is 5.01. The molecule has 0 bridgehead atoms. The number of benzene rings is 1. The molecule has 0 spiro atoms. The Morgan fingerprint density at radius 1 is 1.41 bits per heavy atom. The zero-order chi connectivity index (χ0) is 25.2. The molecule has 0 saturated carbocycles. The van der Waals surface area contributed by atoms with E-state index in [2.05, 4.69) is 4.98 Å². The van der Waals surface area contributed by atoms with E-state index in [-0.39, 0.29) is 22.7 Å². The van der Waals surface area contributed by atoms with Gasteiger partial charge in [-0.1, -0.05) is 17.7 Å². The molecule has 174 valence electrons. The van der Waals surface area contributed by atoms with Gasteiger partial charge in [-0.15, -0.1) is 0 Å². The summed E-state index contributed by atoms with van der Waals surface area (Å²) in [6.07, 6.45) is -5.14. The standard InChI is InChI=1S/C19H22FN2O8PS/c1-9-4-10(2)14-12(5-9)7-27-31(26,30-14)28-8-19(20)15(24)13(23)17(29-19)22-6-11(3)16(25)21-18(22)32/h4-6,13,15,17,23-24H,7-8H2,1-3H3,(H,21,25,32)/t13-,15+,17-,19-,31?/m1/s1/i8D2. The first-order valence-corrected chi connectivity index (χ1v) is 11.3. The Balaban J connectivity index is 1.64. The fourth-order valence-corrected chi connectivity index (χ4v) is 4.91. The molecule has 1 fully saturated rings. The number of aliphatic hydroxyl groups is 2. The normalized spacial score (nSPS) is 33.2. The second kappa shape index (κ2) is 8.14. The first-order chi connectivity index (χ1) is 15.7. The van der Waals surface area contributed by atoms with E-state index in [1.165, 1.54) is 6.92 Å². The molecule has 32 heavy (non-hydrogen) atoms. The van der Waals surface area contributed by atoms with Gasteiger partial charge in [0.2, 0.25) is 0 Å². The number of ether oxygens (including phenoxy) is 1. The van der Waals surface area contributed by atoms with Crippen LogP contribution in [0.25, 0.3) is 0 Å². The van der Waals surface area contributed by atoms with Crippen LogP contribution in [0.15, 0.2) is 23.1 Å². The van der Waals surface area contributed by atoms with E-state index in [4.69, 9.17) is 33.3 Å². The highest BCUT2D eigenvalue weighted by atomic mass is 32.1. The number of H-pyrrole nitrogens is 1. The van der Waals surface area contributed by atoms with E-state index in [1.807, 2.05) is 6.92 Å². The zero-order valence-corrected chi connectivity index (χ0v) is 18.9. The van der Waals surface area contributed by atoms with Gasteiger partial charge >= 0.3 is 7.82 Å². The van der Waals surface area contributed by atoms with E-state index in [1.54, 1.807) is 19.1 Å². The number of hydrogen-bond donors (Lipinski definition) is 3. The number of nitrogens with one attached hydrogen (secondary N) is 1. The van der Waals surface area contributed by atoms with Gasteiger partial charge < -0.3 is 19.5 Å². The predicted octanol–water partition coefficient (Wildman–Crippen LogP) is 2.48. The largest absolute Gasteiger partial charge is 0.530 e. The number of phosphoric acid groups is 1. The molecule has 3 heterocycles. The highest BCUT2D eigenvalue weighted by Crippen LogP contribution is 2.56. The molecular formula is C19H22FN2O8PS. The monoisotopic (exact) mass is 490 g/mol. The summed E-state index contributed by atoms with van der Waals surface area (Å²) in [7, 11) is -4.73. The Morgan fingerprint density at radius 2 is 2.12 bits per heavy atom. The van der Waals surface area contributed by atoms with Gasteiger partial charge in [-0.05, 0) is 38.6 Å². The van der Waals surface area contributed by atoms with Crippen LogP contribution in [0.5, 0.6) is 5.75 Å². The van der Waals surface area contributed by atoms with Gasteiger partial charge in [-0.3, -0.25) is 23.4 Å². The third kappa shape index (κ3) is 4.08. The maximum atomic E-state index is 15.9. The highest BCUT2D eigenvalue weighted by molar-refractivity contribution is 7.71. The maximum absolute atomic E-state index is 15.9. The summed E-state index contributed by atoms with van der Waals surface area (Å²) in [6.45, 7) is 1.03. The Bertz CT molecular complexity index is 1320. The lowest BCUT2D eigenvalue weighted by molar-refractivity contribution is -0.205. The fraction of sp³-hybridized carbons (Fsp3) is 0.474. The first-order valence-electron chi connectivity index (χ1n) is 10.5. The van der Waals surface area contributed by atoms with Crippen LogP contribution < -0.4 is 10.1 Å². The van der Waals surface area contributed by atoms with Crippen molar-refractivity contribution in [2.45, 2.75) is 51.7 Å². The van der Waals surface area contributed by atoms with Gasteiger partial charge in [0.1, 0.15) is 24.5 Å². The number of hydrogen-bond acceptors (Lipinski definition) is 9. The van der Waals surface area contributed by atoms with Crippen molar-refractivity contribution in [3.05, 3.63) is 55.7 Å². The van der Waals surface area contributed by atoms with Crippen molar-refractivity contribution < 1.29 is 40.2 Å². The number of alkyl halides is 1. The number of halogens is 1. The van der Waals surface area contributed by atoms with Gasteiger partial charge in [-0.2, -0.15) is 0 Å². The van der Waals surface area contributed by atoms with Gasteiger partial charge in [0.25, 0.3) is 11.4 Å². The number of aryl methyl sites for hydroxylation is 3. The maximum Gasteiger partial charge on any atom is 0.530 e. The number of rotatable bonds is 4.